The van der Waals surface area contributed by atoms with Crippen LogP contribution in [-0.2, 0) is 6.54 Å². The van der Waals surface area contributed by atoms with E-state index in [0.29, 0.717) is 5.82 Å². The molecular formula is C10H20N4. The highest BCUT2D eigenvalue weighted by Crippen LogP contribution is 1.97. The molecule has 0 bridgehead atoms. The van der Waals surface area contributed by atoms with Crippen molar-refractivity contribution < 1.29 is 0 Å². The lowest BCUT2D eigenvalue weighted by atomic mass is 10.3. The lowest BCUT2D eigenvalue weighted by molar-refractivity contribution is 0.307. The molecule has 0 aliphatic carbocycles. The molecular weight excluding hydrogens is 176 g/mol. The number of likely N-dealkylation sites (N-methyl/N-ethyl adjacent to an activating group) is 1. The molecule has 0 aromatic carbocycles. The highest BCUT2D eigenvalue weighted by atomic mass is 15.3. The van der Waals surface area contributed by atoms with Crippen LogP contribution in [0.15, 0.2) is 12.3 Å². The van der Waals surface area contributed by atoms with E-state index in [1.807, 2.05) is 16.9 Å². The Labute approximate surface area is 85.7 Å². The standard InChI is InChI=1S/C10H20N4/c1-3-4-6-13(2)8-9-14-7-5-10(11)12-14/h5,7H,3-4,6,8-9H2,1-2H3,(H2,11,12). The summed E-state index contributed by atoms with van der Waals surface area (Å²) in [6, 6.07) is 1.83. The van der Waals surface area contributed by atoms with Crippen molar-refractivity contribution in [3.05, 3.63) is 12.3 Å². The Morgan fingerprint density at radius 2 is 2.29 bits per heavy atom. The normalized spacial score (nSPS) is 11.1. The number of nitrogens with zero attached hydrogens (tertiary/aromatic N) is 3. The number of rotatable bonds is 6. The molecule has 0 saturated carbocycles. The summed E-state index contributed by atoms with van der Waals surface area (Å²) in [5, 5.41) is 4.13. The van der Waals surface area contributed by atoms with E-state index in [0.717, 1.165) is 19.6 Å². The number of hydrogen-bond acceptors (Lipinski definition) is 3. The molecule has 0 fully saturated rings. The number of nitrogen functional groups attached to an aromatic ring is 1. The second-order valence-corrected chi connectivity index (χ2v) is 3.66. The fourth-order valence-electron chi connectivity index (χ4n) is 1.31. The van der Waals surface area contributed by atoms with Gasteiger partial charge in [0.1, 0.15) is 5.82 Å². The first-order valence-corrected chi connectivity index (χ1v) is 5.20. The predicted molar refractivity (Wildman–Crippen MR) is 59.0 cm³/mol. The first kappa shape index (κ1) is 11.0. The van der Waals surface area contributed by atoms with Gasteiger partial charge in [0.25, 0.3) is 0 Å². The van der Waals surface area contributed by atoms with Crippen LogP contribution in [0.5, 0.6) is 0 Å². The molecule has 1 heterocycles. The first-order valence-electron chi connectivity index (χ1n) is 5.20. The van der Waals surface area contributed by atoms with E-state index in [1.54, 1.807) is 0 Å². The molecule has 80 valence electrons. The van der Waals surface area contributed by atoms with Gasteiger partial charge in [0.2, 0.25) is 0 Å². The van der Waals surface area contributed by atoms with Crippen molar-refractivity contribution in [1.82, 2.24) is 14.7 Å². The fraction of sp³-hybridized carbons (Fsp3) is 0.700. The Bertz CT molecular complexity index is 256. The zero-order chi connectivity index (χ0) is 10.4. The molecule has 4 nitrogen and oxygen atoms in total. The van der Waals surface area contributed by atoms with Crippen LogP contribution in [0.3, 0.4) is 0 Å². The summed E-state index contributed by atoms with van der Waals surface area (Å²) in [6.07, 6.45) is 4.43. The monoisotopic (exact) mass is 196 g/mol. The molecule has 0 radical (unpaired) electrons. The van der Waals surface area contributed by atoms with Crippen molar-refractivity contribution in [2.75, 3.05) is 25.9 Å². The van der Waals surface area contributed by atoms with Crippen LogP contribution < -0.4 is 5.73 Å². The summed E-state index contributed by atoms with van der Waals surface area (Å²) in [5.41, 5.74) is 5.52. The third kappa shape index (κ3) is 3.79. The lowest BCUT2D eigenvalue weighted by Crippen LogP contribution is -2.24. The Balaban J connectivity index is 2.20. The molecule has 0 unspecified atom stereocenters. The lowest BCUT2D eigenvalue weighted by Gasteiger charge is -2.15. The third-order valence-electron chi connectivity index (χ3n) is 2.27. The van der Waals surface area contributed by atoms with E-state index in [-0.39, 0.29) is 0 Å². The zero-order valence-corrected chi connectivity index (χ0v) is 9.11. The maximum Gasteiger partial charge on any atom is 0.145 e. The molecule has 0 aliphatic heterocycles. The minimum Gasteiger partial charge on any atom is -0.382 e. The molecule has 0 atom stereocenters. The van der Waals surface area contributed by atoms with Gasteiger partial charge < -0.3 is 10.6 Å². The number of hydrogen-bond donors (Lipinski definition) is 1. The summed E-state index contributed by atoms with van der Waals surface area (Å²) < 4.78 is 1.89. The van der Waals surface area contributed by atoms with Gasteiger partial charge in [0.05, 0.1) is 6.54 Å². The Morgan fingerprint density at radius 3 is 2.86 bits per heavy atom. The maximum absolute atomic E-state index is 5.52. The van der Waals surface area contributed by atoms with Crippen LogP contribution in [0, 0.1) is 0 Å². The van der Waals surface area contributed by atoms with Gasteiger partial charge >= 0.3 is 0 Å². The molecule has 1 aromatic heterocycles. The van der Waals surface area contributed by atoms with Crippen molar-refractivity contribution >= 4 is 5.82 Å². The summed E-state index contributed by atoms with van der Waals surface area (Å²) in [5.74, 6) is 0.598. The van der Waals surface area contributed by atoms with Crippen LogP contribution in [0.1, 0.15) is 19.8 Å². The quantitative estimate of drug-likeness (QED) is 0.743. The summed E-state index contributed by atoms with van der Waals surface area (Å²) in [7, 11) is 2.14. The average molecular weight is 196 g/mol. The molecule has 1 rings (SSSR count). The van der Waals surface area contributed by atoms with Crippen molar-refractivity contribution in [3.8, 4) is 0 Å². The Hall–Kier alpha value is -1.03. The van der Waals surface area contributed by atoms with Gasteiger partial charge in [-0.25, -0.2) is 0 Å². The smallest absolute Gasteiger partial charge is 0.145 e. The van der Waals surface area contributed by atoms with Gasteiger partial charge in [0.15, 0.2) is 0 Å². The van der Waals surface area contributed by atoms with Crippen LogP contribution in [-0.4, -0.2) is 34.8 Å². The number of anilines is 1. The van der Waals surface area contributed by atoms with Gasteiger partial charge in [0, 0.05) is 12.7 Å². The second kappa shape index (κ2) is 5.65. The Kier molecular flexibility index (Phi) is 4.46. The molecule has 2 N–H and O–H groups in total. The van der Waals surface area contributed by atoms with Crippen molar-refractivity contribution in [3.63, 3.8) is 0 Å². The summed E-state index contributed by atoms with van der Waals surface area (Å²) in [6.45, 7) is 5.31. The van der Waals surface area contributed by atoms with Gasteiger partial charge in [-0.1, -0.05) is 13.3 Å². The predicted octanol–water partition coefficient (Wildman–Crippen LogP) is 1.20. The maximum atomic E-state index is 5.52. The van der Waals surface area contributed by atoms with E-state index in [9.17, 15) is 0 Å². The topological polar surface area (TPSA) is 47.1 Å². The largest absolute Gasteiger partial charge is 0.382 e. The third-order valence-corrected chi connectivity index (χ3v) is 2.27. The van der Waals surface area contributed by atoms with Gasteiger partial charge in [-0.15, -0.1) is 0 Å². The highest BCUT2D eigenvalue weighted by Gasteiger charge is 1.98. The van der Waals surface area contributed by atoms with E-state index in [2.05, 4.69) is 24.0 Å². The van der Waals surface area contributed by atoms with Crippen molar-refractivity contribution in [1.29, 1.82) is 0 Å². The molecule has 0 amide bonds. The van der Waals surface area contributed by atoms with Crippen LogP contribution >= 0.6 is 0 Å². The van der Waals surface area contributed by atoms with Crippen LogP contribution in [0.2, 0.25) is 0 Å². The summed E-state index contributed by atoms with van der Waals surface area (Å²) >= 11 is 0. The molecule has 14 heavy (non-hydrogen) atoms. The van der Waals surface area contributed by atoms with Gasteiger partial charge in [-0.2, -0.15) is 5.10 Å². The van der Waals surface area contributed by atoms with Crippen LogP contribution in [0.4, 0.5) is 5.82 Å². The number of nitrogens with two attached hydrogens (primary N) is 1. The van der Waals surface area contributed by atoms with E-state index < -0.39 is 0 Å². The minimum atomic E-state index is 0.598. The van der Waals surface area contributed by atoms with E-state index in [4.69, 9.17) is 5.73 Å². The first-order chi connectivity index (χ1) is 6.72. The zero-order valence-electron chi connectivity index (χ0n) is 9.11. The molecule has 0 spiro atoms. The van der Waals surface area contributed by atoms with Crippen molar-refractivity contribution in [2.45, 2.75) is 26.3 Å². The Morgan fingerprint density at radius 1 is 1.50 bits per heavy atom. The minimum absolute atomic E-state index is 0.598. The number of aromatic nitrogens is 2. The SMILES string of the molecule is CCCCN(C)CCn1ccc(N)n1. The van der Waals surface area contributed by atoms with Gasteiger partial charge in [-0.3, -0.25) is 4.68 Å². The van der Waals surface area contributed by atoms with Gasteiger partial charge in [-0.05, 0) is 26.1 Å². The van der Waals surface area contributed by atoms with Crippen LogP contribution in [0.25, 0.3) is 0 Å². The second-order valence-electron chi connectivity index (χ2n) is 3.66. The fourth-order valence-corrected chi connectivity index (χ4v) is 1.31. The summed E-state index contributed by atoms with van der Waals surface area (Å²) in [4.78, 5) is 2.32. The average Bonchev–Trinajstić information content (AvgIpc) is 2.58. The molecule has 4 heteroatoms. The molecule has 0 aliphatic rings. The molecule has 0 saturated heterocycles. The number of unbranched alkanes of at least 4 members (excludes halogenated alkanes) is 1. The van der Waals surface area contributed by atoms with Crippen molar-refractivity contribution in [2.24, 2.45) is 0 Å². The molecule has 1 aromatic rings. The van der Waals surface area contributed by atoms with E-state index in [1.165, 1.54) is 12.8 Å². The highest BCUT2D eigenvalue weighted by molar-refractivity contribution is 5.23. The van der Waals surface area contributed by atoms with E-state index >= 15 is 0 Å².